The predicted octanol–water partition coefficient (Wildman–Crippen LogP) is -0.173. The third-order valence-electron chi connectivity index (χ3n) is 5.11. The van der Waals surface area contributed by atoms with E-state index in [1.807, 2.05) is 0 Å². The number of amides is 3. The smallest absolute Gasteiger partial charge is 0.410 e. The first-order valence-corrected chi connectivity index (χ1v) is 9.15. The summed E-state index contributed by atoms with van der Waals surface area (Å²) in [5.41, 5.74) is 6.59. The average molecular weight is 406 g/mol. The van der Waals surface area contributed by atoms with Crippen molar-refractivity contribution in [3.8, 4) is 0 Å². The number of nitrogens with two attached hydrogens (primary N) is 1. The van der Waals surface area contributed by atoms with Crippen LogP contribution >= 0.6 is 0 Å². The number of ether oxygens (including phenoxy) is 1. The van der Waals surface area contributed by atoms with E-state index < -0.39 is 36.3 Å². The highest BCUT2D eigenvalue weighted by atomic mass is 19.1. The molecular weight excluding hydrogens is 383 g/mol. The van der Waals surface area contributed by atoms with Gasteiger partial charge in [0, 0.05) is 25.1 Å². The van der Waals surface area contributed by atoms with E-state index in [0.29, 0.717) is 5.56 Å². The highest BCUT2D eigenvalue weighted by molar-refractivity contribution is 5.86. The number of carbonyl (C=O) groups excluding carboxylic acids is 3. The molecule has 9 nitrogen and oxygen atoms in total. The lowest BCUT2D eigenvalue weighted by molar-refractivity contribution is -0.126. The summed E-state index contributed by atoms with van der Waals surface area (Å²) in [6.07, 6.45) is -1.33. The SMILES string of the molecule is C=CC(=O)NCC(O)N1C[C@H](OC(=O)N2Cc3cccc(F)c3C2)C[C@H]1C(N)=O. The van der Waals surface area contributed by atoms with Crippen LogP contribution in [-0.2, 0) is 27.4 Å². The molecule has 3 atom stereocenters. The van der Waals surface area contributed by atoms with Gasteiger partial charge in [0.05, 0.1) is 19.1 Å². The topological polar surface area (TPSA) is 125 Å². The van der Waals surface area contributed by atoms with E-state index in [1.54, 1.807) is 12.1 Å². The Hall–Kier alpha value is -2.98. The molecule has 2 heterocycles. The number of hydrogen-bond acceptors (Lipinski definition) is 6. The maximum atomic E-state index is 13.9. The first kappa shape index (κ1) is 20.7. The van der Waals surface area contributed by atoms with Gasteiger partial charge in [-0.1, -0.05) is 18.7 Å². The Morgan fingerprint density at radius 1 is 1.41 bits per heavy atom. The zero-order valence-electron chi connectivity index (χ0n) is 15.7. The van der Waals surface area contributed by atoms with Crippen molar-refractivity contribution in [1.29, 1.82) is 0 Å². The molecule has 29 heavy (non-hydrogen) atoms. The van der Waals surface area contributed by atoms with Gasteiger partial charge in [-0.3, -0.25) is 19.4 Å². The number of likely N-dealkylation sites (tertiary alicyclic amines) is 1. The lowest BCUT2D eigenvalue weighted by atomic mass is 10.1. The van der Waals surface area contributed by atoms with Crippen LogP contribution in [0.1, 0.15) is 17.5 Å². The van der Waals surface area contributed by atoms with Crippen LogP contribution in [0, 0.1) is 5.82 Å². The van der Waals surface area contributed by atoms with Crippen molar-refractivity contribution in [2.24, 2.45) is 5.73 Å². The number of hydrogen-bond donors (Lipinski definition) is 3. The van der Waals surface area contributed by atoms with E-state index in [-0.39, 0.29) is 38.4 Å². The number of primary amides is 1. The summed E-state index contributed by atoms with van der Waals surface area (Å²) in [5, 5.41) is 12.7. The van der Waals surface area contributed by atoms with Gasteiger partial charge in [-0.05, 0) is 17.7 Å². The van der Waals surface area contributed by atoms with Crippen LogP contribution in [0.4, 0.5) is 9.18 Å². The van der Waals surface area contributed by atoms with Gasteiger partial charge < -0.3 is 20.9 Å². The van der Waals surface area contributed by atoms with Crippen molar-refractivity contribution in [3.63, 3.8) is 0 Å². The fraction of sp³-hybridized carbons (Fsp3) is 0.421. The van der Waals surface area contributed by atoms with E-state index >= 15 is 0 Å². The van der Waals surface area contributed by atoms with Crippen molar-refractivity contribution >= 4 is 17.9 Å². The number of nitrogens with zero attached hydrogens (tertiary/aromatic N) is 2. The number of aliphatic hydroxyl groups is 1. The van der Waals surface area contributed by atoms with Crippen LogP contribution in [0.15, 0.2) is 30.9 Å². The lowest BCUT2D eigenvalue weighted by Crippen LogP contribution is -2.50. The molecule has 0 spiro atoms. The van der Waals surface area contributed by atoms with Gasteiger partial charge in [-0.2, -0.15) is 0 Å². The van der Waals surface area contributed by atoms with Crippen molar-refractivity contribution in [1.82, 2.24) is 15.1 Å². The van der Waals surface area contributed by atoms with Crippen LogP contribution < -0.4 is 11.1 Å². The first-order valence-electron chi connectivity index (χ1n) is 9.15. The Balaban J connectivity index is 1.59. The summed E-state index contributed by atoms with van der Waals surface area (Å²) in [4.78, 5) is 38.3. The molecule has 10 heteroatoms. The number of carbonyl (C=O) groups is 3. The minimum absolute atomic E-state index is 0.0691. The lowest BCUT2D eigenvalue weighted by Gasteiger charge is -2.27. The Kier molecular flexibility index (Phi) is 6.14. The summed E-state index contributed by atoms with van der Waals surface area (Å²) >= 11 is 0. The number of halogens is 1. The second kappa shape index (κ2) is 8.58. The fourth-order valence-electron chi connectivity index (χ4n) is 3.62. The monoisotopic (exact) mass is 406 g/mol. The summed E-state index contributed by atoms with van der Waals surface area (Å²) in [5.74, 6) is -1.51. The molecule has 1 aromatic carbocycles. The molecule has 0 radical (unpaired) electrons. The Morgan fingerprint density at radius 2 is 2.17 bits per heavy atom. The minimum atomic E-state index is -1.19. The Morgan fingerprint density at radius 3 is 2.83 bits per heavy atom. The third kappa shape index (κ3) is 4.54. The van der Waals surface area contributed by atoms with Crippen molar-refractivity contribution in [2.75, 3.05) is 13.1 Å². The van der Waals surface area contributed by atoms with Gasteiger partial charge in [0.2, 0.25) is 11.8 Å². The van der Waals surface area contributed by atoms with Crippen LogP contribution in [0.2, 0.25) is 0 Å². The molecular formula is C19H23FN4O5. The standard InChI is InChI=1S/C19H23FN4O5/c1-2-16(25)22-7-17(26)24-9-12(6-15(24)18(21)27)29-19(28)23-8-11-4-3-5-14(20)13(11)10-23/h2-5,12,15,17,26H,1,6-10H2,(H2,21,27)(H,22,25)/t12-,15+,17?/m1/s1. The molecule has 1 fully saturated rings. The zero-order valence-corrected chi connectivity index (χ0v) is 15.7. The highest BCUT2D eigenvalue weighted by Crippen LogP contribution is 2.27. The number of aliphatic hydroxyl groups excluding tert-OH is 1. The maximum absolute atomic E-state index is 13.9. The maximum Gasteiger partial charge on any atom is 0.410 e. The van der Waals surface area contributed by atoms with E-state index in [1.165, 1.54) is 15.9 Å². The number of rotatable bonds is 6. The van der Waals surface area contributed by atoms with Crippen LogP contribution in [0.25, 0.3) is 0 Å². The van der Waals surface area contributed by atoms with Crippen LogP contribution in [0.3, 0.4) is 0 Å². The fourth-order valence-corrected chi connectivity index (χ4v) is 3.62. The van der Waals surface area contributed by atoms with Crippen molar-refractivity contribution < 1.29 is 28.6 Å². The molecule has 0 aromatic heterocycles. The molecule has 3 amide bonds. The highest BCUT2D eigenvalue weighted by Gasteiger charge is 2.41. The number of fused-ring (bicyclic) bond motifs is 1. The van der Waals surface area contributed by atoms with Gasteiger partial charge in [-0.25, -0.2) is 9.18 Å². The molecule has 4 N–H and O–H groups in total. The minimum Gasteiger partial charge on any atom is -0.445 e. The summed E-state index contributed by atoms with van der Waals surface area (Å²) < 4.78 is 19.3. The van der Waals surface area contributed by atoms with Crippen LogP contribution in [-0.4, -0.2) is 64.3 Å². The van der Waals surface area contributed by atoms with E-state index in [0.717, 1.165) is 11.6 Å². The van der Waals surface area contributed by atoms with Crippen LogP contribution in [0.5, 0.6) is 0 Å². The van der Waals surface area contributed by atoms with Crippen molar-refractivity contribution in [3.05, 3.63) is 47.8 Å². The second-order valence-corrected chi connectivity index (χ2v) is 7.02. The summed E-state index contributed by atoms with van der Waals surface area (Å²) in [7, 11) is 0. The van der Waals surface area contributed by atoms with Gasteiger partial charge in [0.25, 0.3) is 0 Å². The summed E-state index contributed by atoms with van der Waals surface area (Å²) in [6, 6.07) is 3.82. The Bertz CT molecular complexity index is 833. The first-order chi connectivity index (χ1) is 13.8. The normalized spacial score (nSPS) is 22.1. The molecule has 3 rings (SSSR count). The molecule has 0 aliphatic carbocycles. The molecule has 2 aliphatic rings. The molecule has 0 saturated carbocycles. The predicted molar refractivity (Wildman–Crippen MR) is 99.4 cm³/mol. The van der Waals surface area contributed by atoms with E-state index in [2.05, 4.69) is 11.9 Å². The summed E-state index contributed by atoms with van der Waals surface area (Å²) in [6.45, 7) is 3.58. The molecule has 1 aromatic rings. The quantitative estimate of drug-likeness (QED) is 0.563. The molecule has 156 valence electrons. The second-order valence-electron chi connectivity index (χ2n) is 7.02. The van der Waals surface area contributed by atoms with Gasteiger partial charge in [0.1, 0.15) is 18.1 Å². The number of nitrogens with one attached hydrogen (secondary N) is 1. The van der Waals surface area contributed by atoms with Gasteiger partial charge >= 0.3 is 6.09 Å². The third-order valence-corrected chi connectivity index (χ3v) is 5.11. The van der Waals surface area contributed by atoms with E-state index in [9.17, 15) is 23.9 Å². The molecule has 0 bridgehead atoms. The average Bonchev–Trinajstić information content (AvgIpc) is 3.31. The Labute approximate surface area is 166 Å². The zero-order chi connectivity index (χ0) is 21.1. The van der Waals surface area contributed by atoms with Gasteiger partial charge in [0.15, 0.2) is 0 Å². The van der Waals surface area contributed by atoms with Crippen molar-refractivity contribution in [2.45, 2.75) is 37.9 Å². The van der Waals surface area contributed by atoms with E-state index in [4.69, 9.17) is 10.5 Å². The molecule has 2 aliphatic heterocycles. The molecule has 1 saturated heterocycles. The largest absolute Gasteiger partial charge is 0.445 e. The number of benzene rings is 1. The molecule has 1 unspecified atom stereocenters. The van der Waals surface area contributed by atoms with Gasteiger partial charge in [-0.15, -0.1) is 0 Å².